The second-order valence-electron chi connectivity index (χ2n) is 3.38. The second kappa shape index (κ2) is 10.6. The number of rotatable bonds is 3. The minimum Gasteiger partial charge on any atom is -0.285 e. The number of nitrogens with one attached hydrogen (secondary N) is 1. The summed E-state index contributed by atoms with van der Waals surface area (Å²) in [5.41, 5.74) is 0.825. The van der Waals surface area contributed by atoms with E-state index in [4.69, 9.17) is 0 Å². The molecule has 16 heavy (non-hydrogen) atoms. The maximum absolute atomic E-state index is 12.3. The van der Waals surface area contributed by atoms with E-state index in [0.29, 0.717) is 6.42 Å². The normalized spacial score (nSPS) is 9.69. The molecule has 0 aliphatic rings. The fourth-order valence-electron chi connectivity index (χ4n) is 0.778. The van der Waals surface area contributed by atoms with E-state index < -0.39 is 5.92 Å². The SMILES string of the molecule is CC.CC(F)(F)CCc1cn[nH]c1.CCC. The molecule has 0 fully saturated rings. The lowest BCUT2D eigenvalue weighted by atomic mass is 10.1. The van der Waals surface area contributed by atoms with Crippen LogP contribution >= 0.6 is 0 Å². The van der Waals surface area contributed by atoms with Crippen LogP contribution in [-0.4, -0.2) is 16.1 Å². The van der Waals surface area contributed by atoms with E-state index in [9.17, 15) is 8.78 Å². The van der Waals surface area contributed by atoms with Crippen molar-refractivity contribution in [1.82, 2.24) is 10.2 Å². The van der Waals surface area contributed by atoms with Crippen LogP contribution in [0.15, 0.2) is 12.4 Å². The molecule has 0 amide bonds. The number of aryl methyl sites for hydroxylation is 1. The van der Waals surface area contributed by atoms with E-state index in [1.807, 2.05) is 13.8 Å². The van der Waals surface area contributed by atoms with Gasteiger partial charge in [0.05, 0.1) is 6.20 Å². The van der Waals surface area contributed by atoms with Gasteiger partial charge in [-0.25, -0.2) is 8.78 Å². The third-order valence-corrected chi connectivity index (χ3v) is 1.41. The number of aromatic nitrogens is 2. The first-order valence-corrected chi connectivity index (χ1v) is 5.85. The first-order chi connectivity index (χ1) is 7.49. The second-order valence-corrected chi connectivity index (χ2v) is 3.38. The zero-order valence-corrected chi connectivity index (χ0v) is 11.0. The summed E-state index contributed by atoms with van der Waals surface area (Å²) in [7, 11) is 0. The lowest BCUT2D eigenvalue weighted by Gasteiger charge is -2.07. The fraction of sp³-hybridized carbons (Fsp3) is 0.750. The van der Waals surface area contributed by atoms with Crippen molar-refractivity contribution in [3.63, 3.8) is 0 Å². The molecule has 0 radical (unpaired) electrons. The van der Waals surface area contributed by atoms with Gasteiger partial charge in [0.15, 0.2) is 0 Å². The van der Waals surface area contributed by atoms with Gasteiger partial charge in [-0.1, -0.05) is 34.1 Å². The minimum absolute atomic E-state index is 0.119. The van der Waals surface area contributed by atoms with Crippen LogP contribution in [0.3, 0.4) is 0 Å². The van der Waals surface area contributed by atoms with E-state index in [2.05, 4.69) is 24.0 Å². The molecule has 0 aliphatic heterocycles. The Labute approximate surface area is 97.5 Å². The van der Waals surface area contributed by atoms with Crippen molar-refractivity contribution in [3.8, 4) is 0 Å². The largest absolute Gasteiger partial charge is 0.285 e. The smallest absolute Gasteiger partial charge is 0.245 e. The minimum atomic E-state index is -2.57. The molecule has 1 rings (SSSR count). The van der Waals surface area contributed by atoms with Crippen LogP contribution in [0.5, 0.6) is 0 Å². The monoisotopic (exact) mass is 234 g/mol. The summed E-state index contributed by atoms with van der Waals surface area (Å²) in [6, 6.07) is 0. The van der Waals surface area contributed by atoms with E-state index in [-0.39, 0.29) is 6.42 Å². The Morgan fingerprint density at radius 3 is 2.12 bits per heavy atom. The molecule has 1 heterocycles. The van der Waals surface area contributed by atoms with Crippen LogP contribution in [0.25, 0.3) is 0 Å². The van der Waals surface area contributed by atoms with E-state index in [1.165, 1.54) is 6.42 Å². The number of aromatic amines is 1. The topological polar surface area (TPSA) is 28.7 Å². The van der Waals surface area contributed by atoms with Crippen LogP contribution in [0.4, 0.5) is 8.78 Å². The van der Waals surface area contributed by atoms with Crippen molar-refractivity contribution in [2.75, 3.05) is 0 Å². The summed E-state index contributed by atoms with van der Waals surface area (Å²) in [5, 5.41) is 6.22. The Hall–Kier alpha value is -0.930. The number of halogens is 2. The van der Waals surface area contributed by atoms with Crippen LogP contribution in [-0.2, 0) is 6.42 Å². The van der Waals surface area contributed by atoms with Crippen molar-refractivity contribution < 1.29 is 8.78 Å². The molecule has 0 spiro atoms. The highest BCUT2D eigenvalue weighted by atomic mass is 19.3. The molecule has 0 aliphatic carbocycles. The highest BCUT2D eigenvalue weighted by Crippen LogP contribution is 2.18. The zero-order chi connectivity index (χ0) is 13.0. The molecule has 0 unspecified atom stereocenters. The van der Waals surface area contributed by atoms with Crippen molar-refractivity contribution in [3.05, 3.63) is 18.0 Å². The number of hydrogen-bond acceptors (Lipinski definition) is 1. The Morgan fingerprint density at radius 2 is 1.81 bits per heavy atom. The van der Waals surface area contributed by atoms with Gasteiger partial charge < -0.3 is 0 Å². The van der Waals surface area contributed by atoms with Crippen LogP contribution in [0.2, 0.25) is 0 Å². The highest BCUT2D eigenvalue weighted by molar-refractivity contribution is 5.02. The molecule has 0 aromatic carbocycles. The van der Waals surface area contributed by atoms with Crippen molar-refractivity contribution in [1.29, 1.82) is 0 Å². The average molecular weight is 234 g/mol. The standard InChI is InChI=1S/C7H10F2N2.C3H8.C2H6/c1-7(8,9)3-2-6-4-10-11-5-6;1-3-2;1-2/h4-5H,2-3H2,1H3,(H,10,11);3H2,1-2H3;1-2H3. The molecule has 1 aromatic rings. The molecule has 0 bridgehead atoms. The molecule has 0 saturated heterocycles. The summed E-state index contributed by atoms with van der Waals surface area (Å²) in [4.78, 5) is 0. The lowest BCUT2D eigenvalue weighted by molar-refractivity contribution is 0.0133. The summed E-state index contributed by atoms with van der Waals surface area (Å²) < 4.78 is 24.6. The number of hydrogen-bond donors (Lipinski definition) is 1. The predicted octanol–water partition coefficient (Wildman–Crippen LogP) is 4.44. The van der Waals surface area contributed by atoms with E-state index in [1.54, 1.807) is 12.4 Å². The maximum atomic E-state index is 12.3. The van der Waals surface area contributed by atoms with Crippen LogP contribution in [0.1, 0.15) is 53.0 Å². The Morgan fingerprint density at radius 1 is 1.31 bits per heavy atom. The molecule has 1 N–H and O–H groups in total. The summed E-state index contributed by atoms with van der Waals surface area (Å²) in [6.45, 7) is 9.17. The van der Waals surface area contributed by atoms with Gasteiger partial charge in [0, 0.05) is 12.6 Å². The Bertz CT molecular complexity index is 215. The summed E-state index contributed by atoms with van der Waals surface area (Å²) in [5.74, 6) is -2.57. The molecule has 0 saturated carbocycles. The maximum Gasteiger partial charge on any atom is 0.245 e. The van der Waals surface area contributed by atoms with E-state index >= 15 is 0 Å². The van der Waals surface area contributed by atoms with Crippen LogP contribution < -0.4 is 0 Å². The first-order valence-electron chi connectivity index (χ1n) is 5.85. The predicted molar refractivity (Wildman–Crippen MR) is 64.8 cm³/mol. The molecule has 2 nitrogen and oxygen atoms in total. The van der Waals surface area contributed by atoms with Gasteiger partial charge in [-0.05, 0) is 18.9 Å². The van der Waals surface area contributed by atoms with Crippen molar-refractivity contribution >= 4 is 0 Å². The number of H-pyrrole nitrogens is 1. The van der Waals surface area contributed by atoms with Gasteiger partial charge in [0.2, 0.25) is 5.92 Å². The van der Waals surface area contributed by atoms with Gasteiger partial charge in [-0.2, -0.15) is 5.10 Å². The highest BCUT2D eigenvalue weighted by Gasteiger charge is 2.20. The summed E-state index contributed by atoms with van der Waals surface area (Å²) >= 11 is 0. The van der Waals surface area contributed by atoms with Gasteiger partial charge in [0.1, 0.15) is 0 Å². The first kappa shape index (κ1) is 17.5. The van der Waals surface area contributed by atoms with Gasteiger partial charge in [0.25, 0.3) is 0 Å². The average Bonchev–Trinajstić information content (AvgIpc) is 2.70. The zero-order valence-electron chi connectivity index (χ0n) is 11.0. The van der Waals surface area contributed by atoms with Gasteiger partial charge >= 0.3 is 0 Å². The molecular weight excluding hydrogens is 210 g/mol. The fourth-order valence-corrected chi connectivity index (χ4v) is 0.778. The third kappa shape index (κ3) is 13.1. The molecule has 4 heteroatoms. The van der Waals surface area contributed by atoms with Gasteiger partial charge in [-0.3, -0.25) is 5.10 Å². The quantitative estimate of drug-likeness (QED) is 0.823. The number of alkyl halides is 2. The van der Waals surface area contributed by atoms with E-state index in [0.717, 1.165) is 12.5 Å². The van der Waals surface area contributed by atoms with Crippen LogP contribution in [0, 0.1) is 0 Å². The van der Waals surface area contributed by atoms with Crippen molar-refractivity contribution in [2.45, 2.75) is 59.8 Å². The summed E-state index contributed by atoms with van der Waals surface area (Å²) in [6.07, 6.45) is 4.70. The van der Waals surface area contributed by atoms with Gasteiger partial charge in [-0.15, -0.1) is 0 Å². The molecule has 96 valence electrons. The Kier molecular flexibility index (Phi) is 11.6. The van der Waals surface area contributed by atoms with Crippen molar-refractivity contribution in [2.24, 2.45) is 0 Å². The third-order valence-electron chi connectivity index (χ3n) is 1.41. The lowest BCUT2D eigenvalue weighted by Crippen LogP contribution is -2.10. The molecule has 1 aromatic heterocycles. The molecule has 0 atom stereocenters. The number of nitrogens with zero attached hydrogens (tertiary/aromatic N) is 1. The molecular formula is C12H24F2N2. The Balaban J connectivity index is 0.